The Hall–Kier alpha value is -1.53. The number of hydrogen-bond donors (Lipinski definition) is 2. The minimum absolute atomic E-state index is 0.140. The molecule has 2 N–H and O–H groups in total. The molecule has 84 valence electrons. The van der Waals surface area contributed by atoms with Gasteiger partial charge in [-0.1, -0.05) is 6.07 Å². The van der Waals surface area contributed by atoms with Crippen molar-refractivity contribution in [3.63, 3.8) is 0 Å². The highest BCUT2D eigenvalue weighted by Crippen LogP contribution is 2.04. The molecule has 0 aliphatic rings. The molecule has 0 aliphatic heterocycles. The maximum absolute atomic E-state index is 9.09. The van der Waals surface area contributed by atoms with Gasteiger partial charge in [-0.15, -0.1) is 0 Å². The van der Waals surface area contributed by atoms with Crippen molar-refractivity contribution in [3.8, 4) is 0 Å². The van der Waals surface area contributed by atoms with Crippen LogP contribution in [-0.2, 0) is 13.2 Å². The van der Waals surface area contributed by atoms with Crippen LogP contribution in [0.5, 0.6) is 0 Å². The van der Waals surface area contributed by atoms with Crippen molar-refractivity contribution >= 4 is 12.2 Å². The van der Waals surface area contributed by atoms with Crippen molar-refractivity contribution in [1.29, 1.82) is 0 Å². The second-order valence-corrected chi connectivity index (χ2v) is 3.85. The second-order valence-electron chi connectivity index (χ2n) is 3.46. The van der Waals surface area contributed by atoms with E-state index in [-0.39, 0.29) is 6.61 Å². The average molecular weight is 236 g/mol. The monoisotopic (exact) mass is 236 g/mol. The molecule has 2 aromatic rings. The van der Waals surface area contributed by atoms with Crippen LogP contribution in [0, 0.1) is 11.7 Å². The molecule has 0 unspecified atom stereocenters. The van der Waals surface area contributed by atoms with Crippen molar-refractivity contribution in [2.24, 2.45) is 0 Å². The zero-order chi connectivity index (χ0) is 11.5. The van der Waals surface area contributed by atoms with E-state index in [1.807, 2.05) is 25.1 Å². The Balaban J connectivity index is 2.33. The van der Waals surface area contributed by atoms with E-state index in [1.54, 1.807) is 4.57 Å². The minimum Gasteiger partial charge on any atom is -0.388 e. The number of pyridine rings is 1. The number of aromatic nitrogens is 4. The SMILES string of the molecule is Cc1cccc(Cn2c(CO)n[nH]c2=S)n1. The van der Waals surface area contributed by atoms with E-state index in [9.17, 15) is 0 Å². The van der Waals surface area contributed by atoms with Crippen molar-refractivity contribution in [3.05, 3.63) is 40.2 Å². The summed E-state index contributed by atoms with van der Waals surface area (Å²) in [6.45, 7) is 2.32. The number of nitrogens with zero attached hydrogens (tertiary/aromatic N) is 3. The molecule has 0 saturated heterocycles. The van der Waals surface area contributed by atoms with E-state index in [0.29, 0.717) is 17.1 Å². The van der Waals surface area contributed by atoms with E-state index >= 15 is 0 Å². The zero-order valence-electron chi connectivity index (χ0n) is 8.84. The Morgan fingerprint density at radius 3 is 3.00 bits per heavy atom. The number of hydrogen-bond acceptors (Lipinski definition) is 4. The van der Waals surface area contributed by atoms with Gasteiger partial charge >= 0.3 is 0 Å². The zero-order valence-corrected chi connectivity index (χ0v) is 9.66. The molecule has 2 rings (SSSR count). The van der Waals surface area contributed by atoms with Gasteiger partial charge in [-0.25, -0.2) is 0 Å². The van der Waals surface area contributed by atoms with Gasteiger partial charge in [-0.3, -0.25) is 14.6 Å². The number of H-pyrrole nitrogens is 1. The highest BCUT2D eigenvalue weighted by atomic mass is 32.1. The lowest BCUT2D eigenvalue weighted by molar-refractivity contribution is 0.265. The van der Waals surface area contributed by atoms with Gasteiger partial charge in [0, 0.05) is 5.69 Å². The van der Waals surface area contributed by atoms with Gasteiger partial charge < -0.3 is 5.11 Å². The second kappa shape index (κ2) is 4.54. The highest BCUT2D eigenvalue weighted by molar-refractivity contribution is 7.71. The van der Waals surface area contributed by atoms with Gasteiger partial charge in [0.15, 0.2) is 10.6 Å². The van der Waals surface area contributed by atoms with Crippen LogP contribution in [0.3, 0.4) is 0 Å². The molecule has 2 heterocycles. The Morgan fingerprint density at radius 1 is 1.50 bits per heavy atom. The predicted octanol–water partition coefficient (Wildman–Crippen LogP) is 1.18. The van der Waals surface area contributed by atoms with Crippen LogP contribution < -0.4 is 0 Å². The maximum Gasteiger partial charge on any atom is 0.195 e. The van der Waals surface area contributed by atoms with Crippen LogP contribution >= 0.6 is 12.2 Å². The number of aryl methyl sites for hydroxylation is 1. The van der Waals surface area contributed by atoms with Crippen LogP contribution in [-0.4, -0.2) is 24.9 Å². The third-order valence-corrected chi connectivity index (χ3v) is 2.56. The fraction of sp³-hybridized carbons (Fsp3) is 0.300. The van der Waals surface area contributed by atoms with Gasteiger partial charge in [0.2, 0.25) is 0 Å². The Labute approximate surface area is 97.8 Å². The highest BCUT2D eigenvalue weighted by Gasteiger charge is 2.05. The van der Waals surface area contributed by atoms with E-state index in [0.717, 1.165) is 11.4 Å². The first-order valence-corrected chi connectivity index (χ1v) is 5.29. The van der Waals surface area contributed by atoms with Gasteiger partial charge in [-0.2, -0.15) is 5.10 Å². The minimum atomic E-state index is -0.140. The first-order chi connectivity index (χ1) is 7.70. The molecule has 0 radical (unpaired) electrons. The molecular weight excluding hydrogens is 224 g/mol. The molecule has 5 nitrogen and oxygen atoms in total. The molecule has 16 heavy (non-hydrogen) atoms. The molecule has 2 aromatic heterocycles. The molecule has 0 bridgehead atoms. The van der Waals surface area contributed by atoms with Gasteiger partial charge in [0.25, 0.3) is 0 Å². The summed E-state index contributed by atoms with van der Waals surface area (Å²) in [5.41, 5.74) is 1.85. The summed E-state index contributed by atoms with van der Waals surface area (Å²) < 4.78 is 2.23. The third kappa shape index (κ3) is 2.17. The largest absolute Gasteiger partial charge is 0.388 e. The summed E-state index contributed by atoms with van der Waals surface area (Å²) in [5, 5.41) is 15.7. The van der Waals surface area contributed by atoms with Gasteiger partial charge in [0.1, 0.15) is 6.61 Å². The lowest BCUT2D eigenvalue weighted by Gasteiger charge is -2.05. The summed E-state index contributed by atoms with van der Waals surface area (Å²) >= 11 is 5.08. The molecular formula is C10H12N4OS. The van der Waals surface area contributed by atoms with E-state index in [4.69, 9.17) is 17.3 Å². The number of aliphatic hydroxyl groups excluding tert-OH is 1. The maximum atomic E-state index is 9.09. The van der Waals surface area contributed by atoms with Crippen LogP contribution in [0.25, 0.3) is 0 Å². The van der Waals surface area contributed by atoms with Gasteiger partial charge in [0.05, 0.1) is 12.2 Å². The third-order valence-electron chi connectivity index (χ3n) is 2.24. The number of rotatable bonds is 3. The first kappa shape index (κ1) is 11.0. The van der Waals surface area contributed by atoms with Crippen molar-refractivity contribution in [1.82, 2.24) is 19.7 Å². The Morgan fingerprint density at radius 2 is 2.31 bits per heavy atom. The topological polar surface area (TPSA) is 66.7 Å². The van der Waals surface area contributed by atoms with Crippen LogP contribution in [0.4, 0.5) is 0 Å². The Kier molecular flexibility index (Phi) is 3.12. The summed E-state index contributed by atoms with van der Waals surface area (Å²) in [6, 6.07) is 5.80. The van der Waals surface area contributed by atoms with Crippen molar-refractivity contribution < 1.29 is 5.11 Å². The smallest absolute Gasteiger partial charge is 0.195 e. The van der Waals surface area contributed by atoms with Crippen LogP contribution in [0.1, 0.15) is 17.2 Å². The van der Waals surface area contributed by atoms with E-state index in [2.05, 4.69) is 15.2 Å². The van der Waals surface area contributed by atoms with E-state index in [1.165, 1.54) is 0 Å². The van der Waals surface area contributed by atoms with Crippen LogP contribution in [0.15, 0.2) is 18.2 Å². The van der Waals surface area contributed by atoms with Crippen LogP contribution in [0.2, 0.25) is 0 Å². The number of aliphatic hydroxyl groups is 1. The van der Waals surface area contributed by atoms with Crippen molar-refractivity contribution in [2.75, 3.05) is 0 Å². The average Bonchev–Trinajstić information content (AvgIpc) is 2.60. The molecule has 6 heteroatoms. The summed E-state index contributed by atoms with van der Waals surface area (Å²) in [7, 11) is 0. The molecule has 0 aliphatic carbocycles. The summed E-state index contributed by atoms with van der Waals surface area (Å²) in [4.78, 5) is 4.37. The lowest BCUT2D eigenvalue weighted by atomic mass is 10.3. The standard InChI is InChI=1S/C10H12N4OS/c1-7-3-2-4-8(11-7)5-14-9(6-15)12-13-10(14)16/h2-4,15H,5-6H2,1H3,(H,13,16). The fourth-order valence-corrected chi connectivity index (χ4v) is 1.70. The van der Waals surface area contributed by atoms with E-state index < -0.39 is 0 Å². The molecule has 0 aromatic carbocycles. The quantitative estimate of drug-likeness (QED) is 0.785. The summed E-state index contributed by atoms with van der Waals surface area (Å²) in [6.07, 6.45) is 0. The van der Waals surface area contributed by atoms with Crippen molar-refractivity contribution in [2.45, 2.75) is 20.1 Å². The molecule has 0 fully saturated rings. The molecule has 0 spiro atoms. The summed E-state index contributed by atoms with van der Waals surface area (Å²) in [5.74, 6) is 0.522. The van der Waals surface area contributed by atoms with Gasteiger partial charge in [-0.05, 0) is 31.3 Å². The normalized spacial score (nSPS) is 10.6. The first-order valence-electron chi connectivity index (χ1n) is 4.88. The Bertz CT molecular complexity index is 546. The predicted molar refractivity (Wildman–Crippen MR) is 61.4 cm³/mol. The fourth-order valence-electron chi connectivity index (χ4n) is 1.48. The lowest BCUT2D eigenvalue weighted by Crippen LogP contribution is -2.07. The number of aromatic amines is 1. The molecule has 0 saturated carbocycles. The number of nitrogens with one attached hydrogen (secondary N) is 1. The molecule has 0 atom stereocenters. The molecule has 0 amide bonds.